The topological polar surface area (TPSA) is 38.3 Å². The molecule has 0 spiro atoms. The lowest BCUT2D eigenvalue weighted by Crippen LogP contribution is -2.14. The van der Waals surface area contributed by atoms with Crippen LogP contribution in [0.2, 0.25) is 0 Å². The van der Waals surface area contributed by atoms with Gasteiger partial charge in [0.05, 0.1) is 12.5 Å². The van der Waals surface area contributed by atoms with E-state index in [1.54, 1.807) is 0 Å². The van der Waals surface area contributed by atoms with Gasteiger partial charge in [-0.05, 0) is 54.3 Å². The van der Waals surface area contributed by atoms with E-state index in [2.05, 4.69) is 28.2 Å². The van der Waals surface area contributed by atoms with E-state index in [4.69, 9.17) is 4.74 Å². The van der Waals surface area contributed by atoms with E-state index in [0.717, 1.165) is 40.1 Å². The molecule has 3 rings (SSSR count). The molecule has 22 heavy (non-hydrogen) atoms. The molecule has 0 unspecified atom stereocenters. The van der Waals surface area contributed by atoms with Crippen molar-refractivity contribution in [2.75, 3.05) is 11.9 Å². The van der Waals surface area contributed by atoms with Gasteiger partial charge in [0, 0.05) is 10.2 Å². The van der Waals surface area contributed by atoms with Gasteiger partial charge in [-0.2, -0.15) is 0 Å². The zero-order chi connectivity index (χ0) is 15.5. The largest absolute Gasteiger partial charge is 0.494 e. The van der Waals surface area contributed by atoms with Crippen molar-refractivity contribution < 1.29 is 9.53 Å². The van der Waals surface area contributed by atoms with Crippen LogP contribution in [0.3, 0.4) is 0 Å². The summed E-state index contributed by atoms with van der Waals surface area (Å²) in [6.45, 7) is 2.81. The van der Waals surface area contributed by atoms with Gasteiger partial charge >= 0.3 is 0 Å². The molecule has 1 atom stereocenters. The van der Waals surface area contributed by atoms with Crippen LogP contribution < -0.4 is 10.1 Å². The van der Waals surface area contributed by atoms with Crippen molar-refractivity contribution in [3.8, 4) is 5.75 Å². The fraction of sp³-hybridized carbons (Fsp3) is 0.278. The third-order valence-electron chi connectivity index (χ3n) is 3.80. The highest BCUT2D eigenvalue weighted by Crippen LogP contribution is 2.36. The molecule has 0 fully saturated rings. The Balaban J connectivity index is 1.76. The molecule has 1 heterocycles. The highest BCUT2D eigenvalue weighted by atomic mass is 79.9. The first-order valence-electron chi connectivity index (χ1n) is 7.49. The normalized spacial score (nSPS) is 16.3. The van der Waals surface area contributed by atoms with Gasteiger partial charge in [-0.15, -0.1) is 0 Å². The van der Waals surface area contributed by atoms with Crippen LogP contribution in [0.15, 0.2) is 46.9 Å². The zero-order valence-corrected chi connectivity index (χ0v) is 14.0. The van der Waals surface area contributed by atoms with Crippen molar-refractivity contribution in [2.45, 2.75) is 25.7 Å². The minimum atomic E-state index is -0.130. The van der Waals surface area contributed by atoms with E-state index in [9.17, 15) is 4.79 Å². The van der Waals surface area contributed by atoms with Crippen LogP contribution in [0.25, 0.3) is 0 Å². The molecule has 0 aliphatic carbocycles. The lowest BCUT2D eigenvalue weighted by atomic mass is 9.93. The van der Waals surface area contributed by atoms with Gasteiger partial charge in [-0.25, -0.2) is 0 Å². The number of amides is 1. The second kappa shape index (κ2) is 6.53. The van der Waals surface area contributed by atoms with E-state index in [1.807, 2.05) is 42.5 Å². The first kappa shape index (κ1) is 15.1. The summed E-state index contributed by atoms with van der Waals surface area (Å²) in [6.07, 6.45) is 1.69. The van der Waals surface area contributed by atoms with Crippen molar-refractivity contribution in [2.24, 2.45) is 0 Å². The fourth-order valence-electron chi connectivity index (χ4n) is 2.68. The van der Waals surface area contributed by atoms with Crippen LogP contribution in [0.5, 0.6) is 5.75 Å². The predicted octanol–water partition coefficient (Wildman–Crippen LogP) is 4.52. The van der Waals surface area contributed by atoms with Crippen molar-refractivity contribution in [3.05, 3.63) is 58.1 Å². The highest BCUT2D eigenvalue weighted by molar-refractivity contribution is 9.10. The van der Waals surface area contributed by atoms with E-state index in [-0.39, 0.29) is 11.8 Å². The molecule has 2 aromatic rings. The molecular formula is C18H18BrNO2. The quantitative estimate of drug-likeness (QED) is 0.852. The van der Waals surface area contributed by atoms with Crippen molar-refractivity contribution in [1.29, 1.82) is 0 Å². The van der Waals surface area contributed by atoms with Crippen LogP contribution in [0, 0.1) is 0 Å². The number of fused-ring (bicyclic) bond motifs is 1. The molecule has 0 saturated carbocycles. The molecule has 0 aromatic heterocycles. The Morgan fingerprint density at radius 2 is 1.95 bits per heavy atom. The Kier molecular flexibility index (Phi) is 4.48. The van der Waals surface area contributed by atoms with Gasteiger partial charge in [0.2, 0.25) is 5.91 Å². The second-order valence-electron chi connectivity index (χ2n) is 5.47. The van der Waals surface area contributed by atoms with Crippen LogP contribution in [-0.4, -0.2) is 12.5 Å². The number of hydrogen-bond acceptors (Lipinski definition) is 2. The van der Waals surface area contributed by atoms with Crippen molar-refractivity contribution in [3.63, 3.8) is 0 Å². The molecule has 3 nitrogen and oxygen atoms in total. The molecule has 4 heteroatoms. The van der Waals surface area contributed by atoms with Crippen molar-refractivity contribution >= 4 is 27.5 Å². The van der Waals surface area contributed by atoms with E-state index < -0.39 is 0 Å². The minimum absolute atomic E-state index is 0.0689. The van der Waals surface area contributed by atoms with Gasteiger partial charge in [0.25, 0.3) is 0 Å². The number of nitrogens with one attached hydrogen (secondary N) is 1. The number of halogens is 1. The number of rotatable bonds is 5. The van der Waals surface area contributed by atoms with Crippen molar-refractivity contribution in [1.82, 2.24) is 0 Å². The lowest BCUT2D eigenvalue weighted by Gasteiger charge is -2.10. The SMILES string of the molecule is CCCOc1ccc(C[C@H]2C(=O)Nc3ccc(Br)cc32)cc1. The average molecular weight is 360 g/mol. The Hall–Kier alpha value is -1.81. The molecule has 2 aromatic carbocycles. The van der Waals surface area contributed by atoms with Crippen LogP contribution in [-0.2, 0) is 11.2 Å². The standard InChI is InChI=1S/C18H18BrNO2/c1-2-9-22-14-6-3-12(4-7-14)10-16-15-11-13(19)5-8-17(15)20-18(16)21/h3-8,11,16H,2,9-10H2,1H3,(H,20,21)/t16-/m1/s1. The van der Waals surface area contributed by atoms with Gasteiger partial charge in [0.1, 0.15) is 5.75 Å². The van der Waals surface area contributed by atoms with Gasteiger partial charge in [-0.1, -0.05) is 35.0 Å². The van der Waals surface area contributed by atoms with E-state index >= 15 is 0 Å². The first-order valence-corrected chi connectivity index (χ1v) is 8.28. The number of carbonyl (C=O) groups is 1. The smallest absolute Gasteiger partial charge is 0.232 e. The second-order valence-corrected chi connectivity index (χ2v) is 6.39. The molecule has 1 N–H and O–H groups in total. The monoisotopic (exact) mass is 359 g/mol. The Morgan fingerprint density at radius 1 is 1.18 bits per heavy atom. The van der Waals surface area contributed by atoms with E-state index in [0.29, 0.717) is 6.42 Å². The maximum Gasteiger partial charge on any atom is 0.232 e. The van der Waals surface area contributed by atoms with Crippen LogP contribution in [0.1, 0.15) is 30.4 Å². The van der Waals surface area contributed by atoms with Gasteiger partial charge in [0.15, 0.2) is 0 Å². The average Bonchev–Trinajstić information content (AvgIpc) is 2.82. The summed E-state index contributed by atoms with van der Waals surface area (Å²) < 4.78 is 6.58. The lowest BCUT2D eigenvalue weighted by molar-refractivity contribution is -0.117. The number of anilines is 1. The Labute approximate surface area is 138 Å². The summed E-state index contributed by atoms with van der Waals surface area (Å²) in [4.78, 5) is 12.2. The zero-order valence-electron chi connectivity index (χ0n) is 12.4. The van der Waals surface area contributed by atoms with Crippen LogP contribution >= 0.6 is 15.9 Å². The fourth-order valence-corrected chi connectivity index (χ4v) is 3.06. The Bertz CT molecular complexity index is 682. The summed E-state index contributed by atoms with van der Waals surface area (Å²) in [7, 11) is 0. The Morgan fingerprint density at radius 3 is 2.68 bits per heavy atom. The summed E-state index contributed by atoms with van der Waals surface area (Å²) in [5.41, 5.74) is 3.11. The molecular weight excluding hydrogens is 342 g/mol. The highest BCUT2D eigenvalue weighted by Gasteiger charge is 2.30. The summed E-state index contributed by atoms with van der Waals surface area (Å²) in [5.74, 6) is 0.818. The number of ether oxygens (including phenoxy) is 1. The number of benzene rings is 2. The van der Waals surface area contributed by atoms with Crippen LogP contribution in [0.4, 0.5) is 5.69 Å². The van der Waals surface area contributed by atoms with Gasteiger partial charge < -0.3 is 10.1 Å². The summed E-state index contributed by atoms with van der Waals surface area (Å²) in [5, 5.41) is 2.95. The molecule has 114 valence electrons. The molecule has 1 aliphatic rings. The van der Waals surface area contributed by atoms with Gasteiger partial charge in [-0.3, -0.25) is 4.79 Å². The molecule has 0 bridgehead atoms. The first-order chi connectivity index (χ1) is 10.7. The minimum Gasteiger partial charge on any atom is -0.494 e. The third-order valence-corrected chi connectivity index (χ3v) is 4.29. The number of carbonyl (C=O) groups excluding carboxylic acids is 1. The maximum absolute atomic E-state index is 12.2. The molecule has 1 amide bonds. The summed E-state index contributed by atoms with van der Waals surface area (Å²) >= 11 is 3.48. The molecule has 0 saturated heterocycles. The molecule has 0 radical (unpaired) electrons. The van der Waals surface area contributed by atoms with E-state index in [1.165, 1.54) is 0 Å². The third kappa shape index (κ3) is 3.17. The predicted molar refractivity (Wildman–Crippen MR) is 91.4 cm³/mol. The number of hydrogen-bond donors (Lipinski definition) is 1. The maximum atomic E-state index is 12.2. The molecule has 1 aliphatic heterocycles. The summed E-state index contributed by atoms with van der Waals surface area (Å²) in [6, 6.07) is 13.9.